The average molecular weight is 184 g/mol. The van der Waals surface area contributed by atoms with Crippen LogP contribution in [0.15, 0.2) is 5.11 Å². The fraction of sp³-hybridized carbons (Fsp3) is 0.875. The van der Waals surface area contributed by atoms with Crippen LogP contribution in [0.25, 0.3) is 10.4 Å². The van der Waals surface area contributed by atoms with E-state index < -0.39 is 5.54 Å². The zero-order chi connectivity index (χ0) is 10.5. The second-order valence-electron chi connectivity index (χ2n) is 3.59. The van der Waals surface area contributed by atoms with E-state index in [-0.39, 0.29) is 12.3 Å². The fourth-order valence-electron chi connectivity index (χ4n) is 0.838. The SMILES string of the molecule is CCN(C)C(=O)CC(C)(C)N=[N+]=[N-]. The number of nitrogens with zero attached hydrogens (tertiary/aromatic N) is 4. The van der Waals surface area contributed by atoms with Gasteiger partial charge in [0, 0.05) is 24.9 Å². The second kappa shape index (κ2) is 4.72. The van der Waals surface area contributed by atoms with Gasteiger partial charge in [0.1, 0.15) is 0 Å². The molecule has 0 aromatic carbocycles. The molecule has 0 aromatic rings. The fourth-order valence-corrected chi connectivity index (χ4v) is 0.838. The maximum Gasteiger partial charge on any atom is 0.222 e. The third-order valence-electron chi connectivity index (χ3n) is 1.80. The van der Waals surface area contributed by atoms with Crippen LogP contribution >= 0.6 is 0 Å². The first-order valence-electron chi connectivity index (χ1n) is 4.23. The van der Waals surface area contributed by atoms with Gasteiger partial charge in [-0.1, -0.05) is 19.0 Å². The van der Waals surface area contributed by atoms with E-state index in [4.69, 9.17) is 5.53 Å². The van der Waals surface area contributed by atoms with Gasteiger partial charge in [-0.05, 0) is 12.5 Å². The largest absolute Gasteiger partial charge is 0.346 e. The lowest BCUT2D eigenvalue weighted by Gasteiger charge is -2.21. The molecule has 0 aliphatic rings. The Kier molecular flexibility index (Phi) is 4.28. The van der Waals surface area contributed by atoms with Crippen molar-refractivity contribution >= 4 is 5.91 Å². The number of azide groups is 1. The van der Waals surface area contributed by atoms with Crippen LogP contribution in [-0.2, 0) is 4.79 Å². The third-order valence-corrected chi connectivity index (χ3v) is 1.80. The summed E-state index contributed by atoms with van der Waals surface area (Å²) in [4.78, 5) is 15.7. The molecule has 0 heterocycles. The molecule has 0 fully saturated rings. The lowest BCUT2D eigenvalue weighted by atomic mass is 10.0. The van der Waals surface area contributed by atoms with Crippen molar-refractivity contribution in [3.63, 3.8) is 0 Å². The Morgan fingerprint density at radius 1 is 1.62 bits per heavy atom. The highest BCUT2D eigenvalue weighted by Crippen LogP contribution is 2.15. The number of rotatable bonds is 4. The molecule has 5 heteroatoms. The molecule has 1 amide bonds. The average Bonchev–Trinajstić information content (AvgIpc) is 2.01. The number of hydrogen-bond donors (Lipinski definition) is 0. The summed E-state index contributed by atoms with van der Waals surface area (Å²) in [7, 11) is 1.73. The normalized spacial score (nSPS) is 10.5. The Morgan fingerprint density at radius 3 is 2.54 bits per heavy atom. The monoisotopic (exact) mass is 184 g/mol. The maximum atomic E-state index is 11.4. The molecule has 0 N–H and O–H groups in total. The topological polar surface area (TPSA) is 69.1 Å². The van der Waals surface area contributed by atoms with Crippen LogP contribution in [0.5, 0.6) is 0 Å². The number of hydrogen-bond acceptors (Lipinski definition) is 2. The van der Waals surface area contributed by atoms with Gasteiger partial charge in [0.25, 0.3) is 0 Å². The van der Waals surface area contributed by atoms with E-state index in [2.05, 4.69) is 10.0 Å². The molecule has 0 aliphatic carbocycles. The van der Waals surface area contributed by atoms with E-state index in [1.165, 1.54) is 0 Å². The Morgan fingerprint density at radius 2 is 2.15 bits per heavy atom. The minimum atomic E-state index is -0.630. The third kappa shape index (κ3) is 4.38. The van der Waals surface area contributed by atoms with Gasteiger partial charge in [-0.25, -0.2) is 0 Å². The molecule has 0 radical (unpaired) electrons. The zero-order valence-corrected chi connectivity index (χ0v) is 8.61. The van der Waals surface area contributed by atoms with Crippen LogP contribution in [0.1, 0.15) is 27.2 Å². The van der Waals surface area contributed by atoms with Gasteiger partial charge < -0.3 is 4.90 Å². The van der Waals surface area contributed by atoms with Gasteiger partial charge >= 0.3 is 0 Å². The second-order valence-corrected chi connectivity index (χ2v) is 3.59. The van der Waals surface area contributed by atoms with Crippen LogP contribution in [0, 0.1) is 0 Å². The molecule has 0 saturated heterocycles. The highest BCUT2D eigenvalue weighted by atomic mass is 16.2. The zero-order valence-electron chi connectivity index (χ0n) is 8.61. The smallest absolute Gasteiger partial charge is 0.222 e. The van der Waals surface area contributed by atoms with Crippen LogP contribution in [0.2, 0.25) is 0 Å². The molecule has 0 aliphatic heterocycles. The number of amides is 1. The maximum absolute atomic E-state index is 11.4. The lowest BCUT2D eigenvalue weighted by molar-refractivity contribution is -0.130. The molecule has 0 atom stereocenters. The molecular formula is C8H16N4O. The molecule has 13 heavy (non-hydrogen) atoms. The van der Waals surface area contributed by atoms with E-state index in [0.29, 0.717) is 6.54 Å². The molecular weight excluding hydrogens is 168 g/mol. The summed E-state index contributed by atoms with van der Waals surface area (Å²) < 4.78 is 0. The van der Waals surface area contributed by atoms with Crippen LogP contribution in [0.3, 0.4) is 0 Å². The van der Waals surface area contributed by atoms with Crippen molar-refractivity contribution in [3.8, 4) is 0 Å². The van der Waals surface area contributed by atoms with E-state index in [0.717, 1.165) is 0 Å². The highest BCUT2D eigenvalue weighted by Gasteiger charge is 2.21. The highest BCUT2D eigenvalue weighted by molar-refractivity contribution is 5.77. The van der Waals surface area contributed by atoms with Crippen molar-refractivity contribution in [3.05, 3.63) is 10.4 Å². The first-order valence-corrected chi connectivity index (χ1v) is 4.23. The molecule has 0 unspecified atom stereocenters. The summed E-state index contributed by atoms with van der Waals surface area (Å²) in [6, 6.07) is 0. The standard InChI is InChI=1S/C8H16N4O/c1-5-12(4)7(13)6-8(2,3)10-11-9/h5-6H2,1-4H3. The van der Waals surface area contributed by atoms with Gasteiger partial charge in [-0.3, -0.25) is 4.79 Å². The molecule has 0 bridgehead atoms. The minimum absolute atomic E-state index is 0.0000926. The van der Waals surface area contributed by atoms with Gasteiger partial charge in [-0.15, -0.1) is 0 Å². The Hall–Kier alpha value is -1.22. The molecule has 74 valence electrons. The van der Waals surface area contributed by atoms with Crippen LogP contribution < -0.4 is 0 Å². The molecule has 0 spiro atoms. The summed E-state index contributed by atoms with van der Waals surface area (Å²) in [5, 5.41) is 3.55. The predicted octanol–water partition coefficient (Wildman–Crippen LogP) is 1.94. The van der Waals surface area contributed by atoms with Crippen molar-refractivity contribution < 1.29 is 4.79 Å². The minimum Gasteiger partial charge on any atom is -0.346 e. The van der Waals surface area contributed by atoms with Gasteiger partial charge in [-0.2, -0.15) is 0 Å². The molecule has 0 aromatic heterocycles. The predicted molar refractivity (Wildman–Crippen MR) is 51.2 cm³/mol. The van der Waals surface area contributed by atoms with E-state index in [9.17, 15) is 4.79 Å². The van der Waals surface area contributed by atoms with Gasteiger partial charge in [0.15, 0.2) is 0 Å². The van der Waals surface area contributed by atoms with E-state index >= 15 is 0 Å². The summed E-state index contributed by atoms with van der Waals surface area (Å²) >= 11 is 0. The number of carbonyl (C=O) groups is 1. The van der Waals surface area contributed by atoms with E-state index in [1.807, 2.05) is 6.92 Å². The Labute approximate surface area is 78.3 Å². The quantitative estimate of drug-likeness (QED) is 0.374. The summed E-state index contributed by atoms with van der Waals surface area (Å²) in [6.07, 6.45) is 0.251. The molecule has 5 nitrogen and oxygen atoms in total. The van der Waals surface area contributed by atoms with Crippen molar-refractivity contribution in [2.45, 2.75) is 32.7 Å². The Balaban J connectivity index is 4.27. The Bertz CT molecular complexity index is 230. The van der Waals surface area contributed by atoms with Crippen LogP contribution in [-0.4, -0.2) is 29.9 Å². The van der Waals surface area contributed by atoms with Gasteiger partial charge in [0.2, 0.25) is 5.91 Å². The summed E-state index contributed by atoms with van der Waals surface area (Å²) in [6.45, 7) is 6.06. The van der Waals surface area contributed by atoms with Crippen molar-refractivity contribution in [2.75, 3.05) is 13.6 Å². The number of carbonyl (C=O) groups excluding carboxylic acids is 1. The van der Waals surface area contributed by atoms with Gasteiger partial charge in [0.05, 0.1) is 5.54 Å². The van der Waals surface area contributed by atoms with Crippen LogP contribution in [0.4, 0.5) is 0 Å². The van der Waals surface area contributed by atoms with Crippen molar-refractivity contribution in [1.82, 2.24) is 4.90 Å². The molecule has 0 rings (SSSR count). The lowest BCUT2D eigenvalue weighted by Crippen LogP contribution is -2.32. The summed E-state index contributed by atoms with van der Waals surface area (Å²) in [5.41, 5.74) is 7.61. The molecule has 0 saturated carbocycles. The first kappa shape index (κ1) is 11.8. The van der Waals surface area contributed by atoms with Crippen molar-refractivity contribution in [1.29, 1.82) is 0 Å². The summed E-state index contributed by atoms with van der Waals surface area (Å²) in [5.74, 6) is -0.0000926. The van der Waals surface area contributed by atoms with E-state index in [1.54, 1.807) is 25.8 Å². The van der Waals surface area contributed by atoms with Crippen molar-refractivity contribution in [2.24, 2.45) is 5.11 Å². The first-order chi connectivity index (χ1) is 5.93.